The number of rotatable bonds is 3. The van der Waals surface area contributed by atoms with Crippen LogP contribution < -0.4 is 10.5 Å². The minimum atomic E-state index is -4.44. The molecule has 0 aliphatic carbocycles. The monoisotopic (exact) mass is 350 g/mol. The van der Waals surface area contributed by atoms with E-state index in [1.165, 1.54) is 18.2 Å². The van der Waals surface area contributed by atoms with Crippen molar-refractivity contribution >= 4 is 5.91 Å². The molecule has 0 radical (unpaired) electrons. The highest BCUT2D eigenvalue weighted by atomic mass is 19.4. The molecular formula is C18H17F3N2O2. The van der Waals surface area contributed by atoms with Crippen LogP contribution in [0.2, 0.25) is 0 Å². The van der Waals surface area contributed by atoms with Crippen molar-refractivity contribution in [2.24, 2.45) is 5.73 Å². The maximum absolute atomic E-state index is 12.8. The van der Waals surface area contributed by atoms with Crippen LogP contribution in [-0.2, 0) is 6.18 Å². The third kappa shape index (κ3) is 4.11. The molecule has 2 N–H and O–H groups in total. The number of likely N-dealkylation sites (tertiary alicyclic amines) is 1. The molecule has 3 rings (SSSR count). The van der Waals surface area contributed by atoms with Gasteiger partial charge in [0.1, 0.15) is 11.5 Å². The minimum Gasteiger partial charge on any atom is -0.457 e. The van der Waals surface area contributed by atoms with E-state index in [0.717, 1.165) is 18.6 Å². The van der Waals surface area contributed by atoms with E-state index in [0.29, 0.717) is 24.4 Å². The first-order valence-electron chi connectivity index (χ1n) is 7.83. The van der Waals surface area contributed by atoms with Gasteiger partial charge in [0.25, 0.3) is 5.91 Å². The van der Waals surface area contributed by atoms with Crippen LogP contribution in [0.5, 0.6) is 11.5 Å². The van der Waals surface area contributed by atoms with Gasteiger partial charge in [-0.25, -0.2) is 0 Å². The van der Waals surface area contributed by atoms with Gasteiger partial charge in [0, 0.05) is 24.7 Å². The van der Waals surface area contributed by atoms with Gasteiger partial charge in [-0.3, -0.25) is 4.79 Å². The quantitative estimate of drug-likeness (QED) is 0.919. The van der Waals surface area contributed by atoms with Crippen LogP contribution in [0.1, 0.15) is 22.3 Å². The molecule has 0 spiro atoms. The summed E-state index contributed by atoms with van der Waals surface area (Å²) in [6, 6.07) is 11.0. The fourth-order valence-corrected chi connectivity index (χ4v) is 2.72. The zero-order chi connectivity index (χ0) is 18.0. The molecule has 1 heterocycles. The van der Waals surface area contributed by atoms with Gasteiger partial charge in [-0.15, -0.1) is 0 Å². The number of nitrogens with zero attached hydrogens (tertiary/aromatic N) is 1. The molecule has 1 amide bonds. The Labute approximate surface area is 143 Å². The van der Waals surface area contributed by atoms with Gasteiger partial charge in [-0.1, -0.05) is 12.1 Å². The number of hydrogen-bond acceptors (Lipinski definition) is 3. The predicted octanol–water partition coefficient (Wildman–Crippen LogP) is 3.67. The first-order chi connectivity index (χ1) is 11.8. The number of carbonyl (C=O) groups excluding carboxylic acids is 1. The van der Waals surface area contributed by atoms with Crippen LogP contribution in [0.3, 0.4) is 0 Å². The second-order valence-electron chi connectivity index (χ2n) is 5.96. The molecule has 1 aliphatic rings. The lowest BCUT2D eigenvalue weighted by Crippen LogP contribution is -2.31. The standard InChI is InChI=1S/C18H17F3N2O2/c19-18(20,21)13-4-2-6-16(10-13)25-15-5-1-3-12(9-15)17(24)23-8-7-14(22)11-23/h1-6,9-10,14H,7-8,11,22H2/t14-/m1/s1. The first-order valence-corrected chi connectivity index (χ1v) is 7.83. The number of alkyl halides is 3. The number of amides is 1. The summed E-state index contributed by atoms with van der Waals surface area (Å²) in [4.78, 5) is 14.1. The average molecular weight is 350 g/mol. The molecule has 25 heavy (non-hydrogen) atoms. The van der Waals surface area contributed by atoms with E-state index in [9.17, 15) is 18.0 Å². The molecule has 4 nitrogen and oxygen atoms in total. The highest BCUT2D eigenvalue weighted by Gasteiger charge is 2.30. The van der Waals surface area contributed by atoms with E-state index in [-0.39, 0.29) is 17.7 Å². The van der Waals surface area contributed by atoms with Gasteiger partial charge >= 0.3 is 6.18 Å². The van der Waals surface area contributed by atoms with E-state index < -0.39 is 11.7 Å². The second-order valence-corrected chi connectivity index (χ2v) is 5.96. The Morgan fingerprint density at radius 3 is 2.44 bits per heavy atom. The summed E-state index contributed by atoms with van der Waals surface area (Å²) < 4.78 is 43.8. The highest BCUT2D eigenvalue weighted by molar-refractivity contribution is 5.94. The van der Waals surface area contributed by atoms with Crippen molar-refractivity contribution in [1.82, 2.24) is 4.90 Å². The largest absolute Gasteiger partial charge is 0.457 e. The van der Waals surface area contributed by atoms with Crippen LogP contribution in [0.25, 0.3) is 0 Å². The van der Waals surface area contributed by atoms with Crippen molar-refractivity contribution < 1.29 is 22.7 Å². The van der Waals surface area contributed by atoms with Crippen molar-refractivity contribution in [2.45, 2.75) is 18.6 Å². The SMILES string of the molecule is N[C@@H]1CCN(C(=O)c2cccc(Oc3cccc(C(F)(F)F)c3)c2)C1. The summed E-state index contributed by atoms with van der Waals surface area (Å²) in [5.74, 6) is 0.193. The van der Waals surface area contributed by atoms with Gasteiger partial charge in [-0.2, -0.15) is 13.2 Å². The van der Waals surface area contributed by atoms with Crippen LogP contribution in [0.15, 0.2) is 48.5 Å². The van der Waals surface area contributed by atoms with Gasteiger partial charge in [0.2, 0.25) is 0 Å². The second kappa shape index (κ2) is 6.76. The van der Waals surface area contributed by atoms with Gasteiger partial charge in [0.05, 0.1) is 5.56 Å². The topological polar surface area (TPSA) is 55.6 Å². The van der Waals surface area contributed by atoms with Crippen LogP contribution >= 0.6 is 0 Å². The molecule has 2 aromatic carbocycles. The smallest absolute Gasteiger partial charge is 0.416 e. The summed E-state index contributed by atoms with van der Waals surface area (Å²) in [6.07, 6.45) is -3.68. The third-order valence-corrected chi connectivity index (χ3v) is 3.99. The summed E-state index contributed by atoms with van der Waals surface area (Å²) in [7, 11) is 0. The Balaban J connectivity index is 1.77. The van der Waals surface area contributed by atoms with Crippen LogP contribution in [-0.4, -0.2) is 29.9 Å². The summed E-state index contributed by atoms with van der Waals surface area (Å²) in [5, 5.41) is 0. The van der Waals surface area contributed by atoms with Crippen molar-refractivity contribution in [3.8, 4) is 11.5 Å². The van der Waals surface area contributed by atoms with Crippen molar-refractivity contribution in [3.05, 3.63) is 59.7 Å². The van der Waals surface area contributed by atoms with Crippen molar-refractivity contribution in [1.29, 1.82) is 0 Å². The van der Waals surface area contributed by atoms with Gasteiger partial charge in [0.15, 0.2) is 0 Å². The number of halogens is 3. The van der Waals surface area contributed by atoms with E-state index in [4.69, 9.17) is 10.5 Å². The molecule has 1 atom stereocenters. The highest BCUT2D eigenvalue weighted by Crippen LogP contribution is 2.32. The maximum Gasteiger partial charge on any atom is 0.416 e. The normalized spacial score (nSPS) is 17.6. The molecule has 1 aliphatic heterocycles. The number of nitrogens with two attached hydrogens (primary N) is 1. The Hall–Kier alpha value is -2.54. The fraction of sp³-hybridized carbons (Fsp3) is 0.278. The number of benzene rings is 2. The summed E-state index contributed by atoms with van der Waals surface area (Å²) >= 11 is 0. The fourth-order valence-electron chi connectivity index (χ4n) is 2.72. The molecule has 0 aromatic heterocycles. The van der Waals surface area contributed by atoms with E-state index in [1.54, 1.807) is 23.1 Å². The van der Waals surface area contributed by atoms with E-state index in [1.807, 2.05) is 0 Å². The molecule has 7 heteroatoms. The van der Waals surface area contributed by atoms with E-state index in [2.05, 4.69) is 0 Å². The average Bonchev–Trinajstić information content (AvgIpc) is 3.00. The molecule has 1 saturated heterocycles. The molecule has 0 bridgehead atoms. The van der Waals surface area contributed by atoms with Gasteiger partial charge in [-0.05, 0) is 42.8 Å². The molecule has 132 valence electrons. The zero-order valence-electron chi connectivity index (χ0n) is 13.3. The first kappa shape index (κ1) is 17.3. The lowest BCUT2D eigenvalue weighted by Gasteiger charge is -2.16. The maximum atomic E-state index is 12.8. The predicted molar refractivity (Wildman–Crippen MR) is 86.5 cm³/mol. The molecular weight excluding hydrogens is 333 g/mol. The Bertz CT molecular complexity index is 777. The molecule has 1 fully saturated rings. The summed E-state index contributed by atoms with van der Waals surface area (Å²) in [6.45, 7) is 1.09. The van der Waals surface area contributed by atoms with Crippen molar-refractivity contribution in [2.75, 3.05) is 13.1 Å². The summed E-state index contributed by atoms with van der Waals surface area (Å²) in [5.41, 5.74) is 5.44. The van der Waals surface area contributed by atoms with Crippen LogP contribution in [0, 0.1) is 0 Å². The lowest BCUT2D eigenvalue weighted by molar-refractivity contribution is -0.137. The Kier molecular flexibility index (Phi) is 4.67. The molecule has 2 aromatic rings. The Morgan fingerprint density at radius 2 is 1.80 bits per heavy atom. The van der Waals surface area contributed by atoms with Crippen molar-refractivity contribution in [3.63, 3.8) is 0 Å². The number of hydrogen-bond donors (Lipinski definition) is 1. The lowest BCUT2D eigenvalue weighted by atomic mass is 10.2. The third-order valence-electron chi connectivity index (χ3n) is 3.99. The minimum absolute atomic E-state index is 0.0199. The Morgan fingerprint density at radius 1 is 1.12 bits per heavy atom. The van der Waals surface area contributed by atoms with Gasteiger partial charge < -0.3 is 15.4 Å². The molecule has 0 unspecified atom stereocenters. The number of ether oxygens (including phenoxy) is 1. The van der Waals surface area contributed by atoms with E-state index >= 15 is 0 Å². The number of carbonyl (C=O) groups is 1. The zero-order valence-corrected chi connectivity index (χ0v) is 13.3. The molecule has 0 saturated carbocycles. The van der Waals surface area contributed by atoms with Crippen LogP contribution in [0.4, 0.5) is 13.2 Å².